The molecule has 4 rings (SSSR count). The van der Waals surface area contributed by atoms with Crippen LogP contribution in [0.5, 0.6) is 0 Å². The van der Waals surface area contributed by atoms with Crippen LogP contribution in [-0.2, 0) is 38.8 Å². The molecule has 4 aromatic heterocycles. The molecule has 0 N–H and O–H groups in total. The van der Waals surface area contributed by atoms with E-state index in [0.717, 1.165) is 10.9 Å². The molecule has 0 atom stereocenters. The van der Waals surface area contributed by atoms with Crippen molar-refractivity contribution in [2.45, 2.75) is 31.6 Å². The molecule has 0 spiro atoms. The molecule has 0 aliphatic heterocycles. The molecule has 0 unspecified atom stereocenters. The van der Waals surface area contributed by atoms with Gasteiger partial charge in [-0.05, 0) is 37.9 Å². The van der Waals surface area contributed by atoms with Crippen molar-refractivity contribution in [3.63, 3.8) is 0 Å². The first-order chi connectivity index (χ1) is 16.3. The molecule has 0 aliphatic carbocycles. The molecule has 36 heavy (non-hydrogen) atoms. The summed E-state index contributed by atoms with van der Waals surface area (Å²) in [7, 11) is 0. The minimum atomic E-state index is -5.00. The van der Waals surface area contributed by atoms with Crippen molar-refractivity contribution >= 4 is 0 Å². The molecule has 0 radical (unpaired) electrons. The Kier molecular flexibility index (Phi) is 7.41. The van der Waals surface area contributed by atoms with Crippen LogP contribution in [0.3, 0.4) is 0 Å². The zero-order chi connectivity index (χ0) is 25.6. The summed E-state index contributed by atoms with van der Waals surface area (Å²) < 4.78 is 93.3. The van der Waals surface area contributed by atoms with Crippen LogP contribution in [0.1, 0.15) is 36.6 Å². The minimum absolute atomic E-state index is 0. The van der Waals surface area contributed by atoms with Crippen molar-refractivity contribution in [2.75, 3.05) is 0 Å². The summed E-state index contributed by atoms with van der Waals surface area (Å²) in [5.74, 6) is -1.54. The van der Waals surface area contributed by atoms with Gasteiger partial charge in [0.2, 0.25) is 0 Å². The summed E-state index contributed by atoms with van der Waals surface area (Å²) in [5.41, 5.74) is -3.72. The molecule has 0 aliphatic rings. The summed E-state index contributed by atoms with van der Waals surface area (Å²) in [5, 5.41) is 3.45. The Morgan fingerprint density at radius 3 is 2.08 bits per heavy atom. The quantitative estimate of drug-likeness (QED) is 0.200. The molecular formula is C23H14F7N5Pt. The zero-order valence-corrected chi connectivity index (χ0v) is 20.6. The largest absolute Gasteiger partial charge is 2.00 e. The minimum Gasteiger partial charge on any atom is -0.343 e. The molecule has 4 heterocycles. The van der Waals surface area contributed by atoms with E-state index in [1.54, 1.807) is 32.0 Å². The van der Waals surface area contributed by atoms with Gasteiger partial charge in [0.25, 0.3) is 0 Å². The normalized spacial score (nSPS) is 12.4. The monoisotopic (exact) mass is 688 g/mol. The third-order valence-electron chi connectivity index (χ3n) is 5.16. The van der Waals surface area contributed by atoms with E-state index in [4.69, 9.17) is 0 Å². The van der Waals surface area contributed by atoms with Crippen molar-refractivity contribution in [1.29, 1.82) is 0 Å². The van der Waals surface area contributed by atoms with Crippen LogP contribution >= 0.6 is 0 Å². The van der Waals surface area contributed by atoms with Crippen LogP contribution in [0.25, 0.3) is 17.1 Å². The number of hydrogen-bond donors (Lipinski definition) is 0. The topological polar surface area (TPSA) is 56.5 Å². The van der Waals surface area contributed by atoms with Crippen molar-refractivity contribution in [3.8, 4) is 17.1 Å². The fourth-order valence-corrected chi connectivity index (χ4v) is 3.27. The maximum atomic E-state index is 14.6. The molecular weight excluding hydrogens is 674 g/mol. The smallest absolute Gasteiger partial charge is 0.343 e. The molecule has 13 heteroatoms. The number of aromatic nitrogens is 5. The predicted octanol–water partition coefficient (Wildman–Crippen LogP) is 5.82. The third-order valence-corrected chi connectivity index (χ3v) is 5.16. The zero-order valence-electron chi connectivity index (χ0n) is 18.3. The van der Waals surface area contributed by atoms with Crippen LogP contribution in [0.15, 0.2) is 48.7 Å². The Balaban J connectivity index is 0.00000361. The average molecular weight is 688 g/mol. The van der Waals surface area contributed by atoms with E-state index in [1.165, 1.54) is 18.2 Å². The SMILES string of the molecule is CC(C)(c1cccc(-c2[c-]cnc(C(F)(F)F)c2F)n1)c1cccc(-n2[c-]cc(C(F)(F)F)n2)n1.[Pt+2]. The van der Waals surface area contributed by atoms with Gasteiger partial charge >= 0.3 is 33.4 Å². The van der Waals surface area contributed by atoms with Crippen molar-refractivity contribution in [2.24, 2.45) is 0 Å². The fourth-order valence-electron chi connectivity index (χ4n) is 3.27. The van der Waals surface area contributed by atoms with Gasteiger partial charge in [0.05, 0.1) is 11.5 Å². The van der Waals surface area contributed by atoms with E-state index in [0.29, 0.717) is 17.5 Å². The first-order valence-electron chi connectivity index (χ1n) is 9.92. The van der Waals surface area contributed by atoms with Gasteiger partial charge in [-0.2, -0.15) is 32.4 Å². The number of nitrogens with zero attached hydrogens (tertiary/aromatic N) is 5. The summed E-state index contributed by atoms with van der Waals surface area (Å²) in [6.07, 6.45) is -6.55. The first kappa shape index (κ1) is 27.4. The van der Waals surface area contributed by atoms with E-state index >= 15 is 0 Å². The van der Waals surface area contributed by atoms with Gasteiger partial charge in [-0.3, -0.25) is 19.5 Å². The summed E-state index contributed by atoms with van der Waals surface area (Å²) in [6, 6.07) is 12.0. The summed E-state index contributed by atoms with van der Waals surface area (Å²) in [4.78, 5) is 11.7. The Bertz CT molecular complexity index is 1380. The maximum absolute atomic E-state index is 14.6. The van der Waals surface area contributed by atoms with E-state index in [1.807, 2.05) is 0 Å². The van der Waals surface area contributed by atoms with Gasteiger partial charge in [0.1, 0.15) is 5.69 Å². The molecule has 0 bridgehead atoms. The Morgan fingerprint density at radius 1 is 0.833 bits per heavy atom. The van der Waals surface area contributed by atoms with Crippen LogP contribution in [-0.4, -0.2) is 24.7 Å². The Morgan fingerprint density at radius 2 is 1.47 bits per heavy atom. The van der Waals surface area contributed by atoms with Gasteiger partial charge in [0.15, 0.2) is 0 Å². The van der Waals surface area contributed by atoms with Crippen LogP contribution in [0, 0.1) is 18.1 Å². The van der Waals surface area contributed by atoms with E-state index in [2.05, 4.69) is 32.3 Å². The standard InChI is InChI=1S/C23H14F7N5.Pt/c1-21(2,16-7-4-8-18(33-16)35-12-10-17(34-35)22(25,26)27)15-6-3-5-14(32-15)13-9-11-31-20(19(13)24)23(28,29)30;/h3-8,10-11H,1-2H3;/q-2;+2. The second-order valence-corrected chi connectivity index (χ2v) is 7.92. The number of halogens is 7. The fraction of sp³-hybridized carbons (Fsp3) is 0.217. The third kappa shape index (κ3) is 5.33. The number of rotatable bonds is 4. The number of pyridine rings is 3. The average Bonchev–Trinajstić information content (AvgIpc) is 3.30. The van der Waals surface area contributed by atoms with Crippen molar-refractivity contribution in [3.05, 3.63) is 89.5 Å². The van der Waals surface area contributed by atoms with E-state index in [9.17, 15) is 30.7 Å². The second kappa shape index (κ2) is 9.72. The van der Waals surface area contributed by atoms with Gasteiger partial charge in [0, 0.05) is 22.6 Å². The number of hydrogen-bond acceptors (Lipinski definition) is 4. The number of alkyl halides is 6. The van der Waals surface area contributed by atoms with Crippen LogP contribution in [0.2, 0.25) is 0 Å². The molecule has 0 amide bonds. The molecule has 4 aromatic rings. The van der Waals surface area contributed by atoms with Gasteiger partial charge in [-0.15, -0.1) is 11.6 Å². The summed E-state index contributed by atoms with van der Waals surface area (Å²) >= 11 is 0. The molecule has 5 nitrogen and oxygen atoms in total. The molecule has 0 saturated carbocycles. The molecule has 0 saturated heterocycles. The molecule has 0 fully saturated rings. The Hall–Kier alpha value is -3.14. The predicted molar refractivity (Wildman–Crippen MR) is 109 cm³/mol. The molecule has 190 valence electrons. The van der Waals surface area contributed by atoms with Gasteiger partial charge in [-0.1, -0.05) is 30.5 Å². The van der Waals surface area contributed by atoms with Gasteiger partial charge in [-0.25, -0.2) is 0 Å². The second-order valence-electron chi connectivity index (χ2n) is 7.92. The Labute approximate surface area is 214 Å². The maximum Gasteiger partial charge on any atom is 2.00 e. The van der Waals surface area contributed by atoms with E-state index < -0.39 is 40.5 Å². The van der Waals surface area contributed by atoms with Crippen molar-refractivity contribution in [1.82, 2.24) is 24.7 Å². The van der Waals surface area contributed by atoms with Crippen LogP contribution in [0.4, 0.5) is 30.7 Å². The molecule has 0 aromatic carbocycles. The van der Waals surface area contributed by atoms with Gasteiger partial charge < -0.3 is 9.67 Å². The van der Waals surface area contributed by atoms with Crippen LogP contribution < -0.4 is 0 Å². The first-order valence-corrected chi connectivity index (χ1v) is 9.92. The summed E-state index contributed by atoms with van der Waals surface area (Å²) in [6.45, 7) is 3.40. The van der Waals surface area contributed by atoms with E-state index in [-0.39, 0.29) is 32.6 Å². The van der Waals surface area contributed by atoms with Crippen molar-refractivity contribution < 1.29 is 51.8 Å².